The SMILES string of the molecule is CSc1ccc(CCCc2cc(C)c(OC(C)(C)C(=O)O)c(C)c2)cc1. The molecule has 2 aromatic carbocycles. The molecule has 0 heterocycles. The van der Waals surface area contributed by atoms with E-state index in [1.165, 1.54) is 16.0 Å². The zero-order valence-corrected chi connectivity index (χ0v) is 17.1. The van der Waals surface area contributed by atoms with Gasteiger partial charge in [-0.3, -0.25) is 0 Å². The zero-order chi connectivity index (χ0) is 19.3. The molecule has 1 N–H and O–H groups in total. The average molecular weight is 373 g/mol. The number of rotatable bonds is 8. The lowest BCUT2D eigenvalue weighted by Gasteiger charge is -2.24. The largest absolute Gasteiger partial charge is 0.478 e. The molecule has 0 aliphatic rings. The highest BCUT2D eigenvalue weighted by molar-refractivity contribution is 7.98. The van der Waals surface area contributed by atoms with E-state index >= 15 is 0 Å². The third-order valence-corrected chi connectivity index (χ3v) is 5.23. The van der Waals surface area contributed by atoms with Crippen molar-refractivity contribution >= 4 is 17.7 Å². The normalized spacial score (nSPS) is 11.4. The van der Waals surface area contributed by atoms with Crippen molar-refractivity contribution in [3.63, 3.8) is 0 Å². The highest BCUT2D eigenvalue weighted by Crippen LogP contribution is 2.29. The lowest BCUT2D eigenvalue weighted by Crippen LogP contribution is -2.38. The van der Waals surface area contributed by atoms with Gasteiger partial charge in [0, 0.05) is 4.90 Å². The summed E-state index contributed by atoms with van der Waals surface area (Å²) in [6.07, 6.45) is 5.22. The van der Waals surface area contributed by atoms with E-state index in [9.17, 15) is 9.90 Å². The van der Waals surface area contributed by atoms with Crippen molar-refractivity contribution in [1.29, 1.82) is 0 Å². The molecule has 0 atom stereocenters. The molecule has 0 fully saturated rings. The lowest BCUT2D eigenvalue weighted by molar-refractivity contribution is -0.152. The van der Waals surface area contributed by atoms with Crippen molar-refractivity contribution in [3.8, 4) is 5.75 Å². The van der Waals surface area contributed by atoms with Gasteiger partial charge in [0.2, 0.25) is 0 Å². The van der Waals surface area contributed by atoms with E-state index in [0.29, 0.717) is 5.75 Å². The molecule has 140 valence electrons. The van der Waals surface area contributed by atoms with Crippen molar-refractivity contribution in [1.82, 2.24) is 0 Å². The molecule has 0 saturated heterocycles. The molecule has 0 spiro atoms. The Morgan fingerprint density at radius 2 is 1.58 bits per heavy atom. The number of ether oxygens (including phenoxy) is 1. The molecular formula is C22H28O3S. The van der Waals surface area contributed by atoms with Crippen LogP contribution >= 0.6 is 11.8 Å². The van der Waals surface area contributed by atoms with E-state index in [4.69, 9.17) is 4.74 Å². The fourth-order valence-corrected chi connectivity index (χ4v) is 3.34. The van der Waals surface area contributed by atoms with Crippen molar-refractivity contribution in [3.05, 3.63) is 58.7 Å². The topological polar surface area (TPSA) is 46.5 Å². The van der Waals surface area contributed by atoms with E-state index in [1.807, 2.05) is 13.8 Å². The van der Waals surface area contributed by atoms with Crippen LogP contribution in [0.2, 0.25) is 0 Å². The zero-order valence-electron chi connectivity index (χ0n) is 16.3. The fraction of sp³-hybridized carbons (Fsp3) is 0.409. The summed E-state index contributed by atoms with van der Waals surface area (Å²) in [7, 11) is 0. The Labute approximate surface area is 160 Å². The van der Waals surface area contributed by atoms with Crippen molar-refractivity contribution in [2.24, 2.45) is 0 Å². The first-order chi connectivity index (χ1) is 12.2. The summed E-state index contributed by atoms with van der Waals surface area (Å²) in [6, 6.07) is 13.0. The number of thioether (sulfide) groups is 1. The van der Waals surface area contributed by atoms with Crippen molar-refractivity contribution in [2.45, 2.75) is 57.5 Å². The van der Waals surface area contributed by atoms with Gasteiger partial charge in [-0.25, -0.2) is 4.79 Å². The van der Waals surface area contributed by atoms with Crippen molar-refractivity contribution in [2.75, 3.05) is 6.26 Å². The Hall–Kier alpha value is -1.94. The van der Waals surface area contributed by atoms with Gasteiger partial charge in [0.25, 0.3) is 0 Å². The number of carbonyl (C=O) groups is 1. The molecule has 0 radical (unpaired) electrons. The minimum absolute atomic E-state index is 0.675. The van der Waals surface area contributed by atoms with E-state index in [1.54, 1.807) is 25.6 Å². The minimum atomic E-state index is -1.24. The van der Waals surface area contributed by atoms with Gasteiger partial charge < -0.3 is 9.84 Å². The van der Waals surface area contributed by atoms with Crippen LogP contribution in [0.1, 0.15) is 42.5 Å². The molecule has 2 aromatic rings. The van der Waals surface area contributed by atoms with E-state index < -0.39 is 11.6 Å². The first-order valence-electron chi connectivity index (χ1n) is 8.88. The number of hydrogen-bond acceptors (Lipinski definition) is 3. The summed E-state index contributed by atoms with van der Waals surface area (Å²) in [5.41, 5.74) is 3.36. The highest BCUT2D eigenvalue weighted by atomic mass is 32.2. The number of carboxylic acids is 1. The Morgan fingerprint density at radius 1 is 1.04 bits per heavy atom. The van der Waals surface area contributed by atoms with Gasteiger partial charge in [-0.15, -0.1) is 11.8 Å². The summed E-state index contributed by atoms with van der Waals surface area (Å²) in [5, 5.41) is 9.27. The molecule has 0 saturated carbocycles. The Morgan fingerprint density at radius 3 is 2.08 bits per heavy atom. The summed E-state index contributed by atoms with van der Waals surface area (Å²) in [4.78, 5) is 12.6. The van der Waals surface area contributed by atoms with Crippen LogP contribution in [0.3, 0.4) is 0 Å². The second-order valence-corrected chi connectivity index (χ2v) is 8.06. The van der Waals surface area contributed by atoms with Gasteiger partial charge in [-0.05, 0) is 87.6 Å². The maximum absolute atomic E-state index is 11.3. The van der Waals surface area contributed by atoms with Gasteiger partial charge in [-0.1, -0.05) is 24.3 Å². The number of hydrogen-bond donors (Lipinski definition) is 1. The average Bonchev–Trinajstić information content (AvgIpc) is 2.58. The summed E-state index contributed by atoms with van der Waals surface area (Å²) in [5.74, 6) is -0.290. The first kappa shape index (κ1) is 20.4. The maximum Gasteiger partial charge on any atom is 0.347 e. The summed E-state index contributed by atoms with van der Waals surface area (Å²) >= 11 is 1.76. The molecule has 0 aromatic heterocycles. The number of carboxylic acid groups (broad SMARTS) is 1. The van der Waals surface area contributed by atoms with Gasteiger partial charge in [0.05, 0.1) is 0 Å². The van der Waals surface area contributed by atoms with Crippen LogP contribution in [0, 0.1) is 13.8 Å². The van der Waals surface area contributed by atoms with Gasteiger partial charge in [-0.2, -0.15) is 0 Å². The summed E-state index contributed by atoms with van der Waals surface area (Å²) < 4.78 is 5.77. The molecule has 2 rings (SSSR count). The molecule has 4 heteroatoms. The molecule has 0 amide bonds. The standard InChI is InChI=1S/C22H28O3S/c1-15-13-18(8-6-7-17-9-11-19(26-5)12-10-17)14-16(2)20(15)25-22(3,4)21(23)24/h9-14H,6-8H2,1-5H3,(H,23,24). The second-order valence-electron chi connectivity index (χ2n) is 7.18. The molecular weight excluding hydrogens is 344 g/mol. The van der Waals surface area contributed by atoms with Crippen LogP contribution < -0.4 is 4.74 Å². The van der Waals surface area contributed by atoms with Crippen LogP contribution in [-0.2, 0) is 17.6 Å². The van der Waals surface area contributed by atoms with Gasteiger partial charge >= 0.3 is 5.97 Å². The number of benzene rings is 2. The Balaban J connectivity index is 2.01. The van der Waals surface area contributed by atoms with Gasteiger partial charge in [0.1, 0.15) is 5.75 Å². The Kier molecular flexibility index (Phi) is 6.76. The molecule has 3 nitrogen and oxygen atoms in total. The molecule has 0 aliphatic heterocycles. The maximum atomic E-state index is 11.3. The highest BCUT2D eigenvalue weighted by Gasteiger charge is 2.30. The molecule has 26 heavy (non-hydrogen) atoms. The molecule has 0 unspecified atom stereocenters. The second kappa shape index (κ2) is 8.63. The smallest absolute Gasteiger partial charge is 0.347 e. The van der Waals surface area contributed by atoms with Crippen LogP contribution in [0.5, 0.6) is 5.75 Å². The number of aliphatic carboxylic acids is 1. The predicted molar refractivity (Wildman–Crippen MR) is 109 cm³/mol. The third kappa shape index (κ3) is 5.28. The number of aryl methyl sites for hydroxylation is 4. The quantitative estimate of drug-likeness (QED) is 0.627. The van der Waals surface area contributed by atoms with Crippen molar-refractivity contribution < 1.29 is 14.6 Å². The van der Waals surface area contributed by atoms with Crippen LogP contribution in [0.25, 0.3) is 0 Å². The fourth-order valence-electron chi connectivity index (χ4n) is 2.93. The monoisotopic (exact) mass is 372 g/mol. The molecule has 0 aliphatic carbocycles. The van der Waals surface area contributed by atoms with Crippen LogP contribution in [-0.4, -0.2) is 22.9 Å². The van der Waals surface area contributed by atoms with E-state index in [0.717, 1.165) is 30.4 Å². The lowest BCUT2D eigenvalue weighted by atomic mass is 9.99. The van der Waals surface area contributed by atoms with Gasteiger partial charge in [0.15, 0.2) is 5.60 Å². The third-order valence-electron chi connectivity index (χ3n) is 4.48. The van der Waals surface area contributed by atoms with E-state index in [-0.39, 0.29) is 0 Å². The van der Waals surface area contributed by atoms with Crippen LogP contribution in [0.4, 0.5) is 0 Å². The summed E-state index contributed by atoms with van der Waals surface area (Å²) in [6.45, 7) is 7.10. The first-order valence-corrected chi connectivity index (χ1v) is 10.1. The minimum Gasteiger partial charge on any atom is -0.478 e. The molecule has 0 bridgehead atoms. The van der Waals surface area contributed by atoms with E-state index in [2.05, 4.69) is 42.7 Å². The predicted octanol–water partition coefficient (Wildman–Crippen LogP) is 5.44. The Bertz CT molecular complexity index is 740. The van der Waals surface area contributed by atoms with Crippen LogP contribution in [0.15, 0.2) is 41.3 Å².